The van der Waals surface area contributed by atoms with Gasteiger partial charge in [0, 0.05) is 0 Å². The highest BCUT2D eigenvalue weighted by molar-refractivity contribution is 5.30. The Labute approximate surface area is 76.7 Å². The van der Waals surface area contributed by atoms with Crippen molar-refractivity contribution in [3.8, 4) is 0 Å². The maximum Gasteiger partial charge on any atom is -0.0108 e. The van der Waals surface area contributed by atoms with E-state index in [1.165, 1.54) is 22.3 Å². The molecule has 0 aliphatic heterocycles. The van der Waals surface area contributed by atoms with Crippen LogP contribution in [0.4, 0.5) is 0 Å². The summed E-state index contributed by atoms with van der Waals surface area (Å²) in [7, 11) is 0. The molecule has 0 N–H and O–H groups in total. The topological polar surface area (TPSA) is 0 Å². The van der Waals surface area contributed by atoms with E-state index in [9.17, 15) is 0 Å². The molecule has 0 bridgehead atoms. The molecule has 0 heteroatoms. The molecule has 68 valence electrons. The summed E-state index contributed by atoms with van der Waals surface area (Å²) in [5.41, 5.74) is 5.37. The van der Waals surface area contributed by atoms with Crippen molar-refractivity contribution in [2.45, 2.75) is 41.0 Å². The van der Waals surface area contributed by atoms with Crippen LogP contribution in [0.5, 0.6) is 0 Å². The molecule has 0 aromatic carbocycles. The molecule has 0 saturated carbocycles. The zero-order chi connectivity index (χ0) is 9.72. The van der Waals surface area contributed by atoms with Crippen molar-refractivity contribution in [3.63, 3.8) is 0 Å². The molecule has 0 aromatic heterocycles. The monoisotopic (exact) mass is 164 g/mol. The molecule has 0 atom stereocenters. The van der Waals surface area contributed by atoms with Gasteiger partial charge in [-0.1, -0.05) is 29.4 Å². The van der Waals surface area contributed by atoms with Gasteiger partial charge in [-0.25, -0.2) is 0 Å². The first-order chi connectivity index (χ1) is 5.49. The summed E-state index contributed by atoms with van der Waals surface area (Å²) in [6.07, 6.45) is 3.24. The van der Waals surface area contributed by atoms with E-state index in [0.717, 1.165) is 6.42 Å². The van der Waals surface area contributed by atoms with Crippen LogP contribution < -0.4 is 0 Å². The molecule has 0 fully saturated rings. The molecule has 0 unspecified atom stereocenters. The zero-order valence-electron chi connectivity index (χ0n) is 8.99. The molecule has 0 aromatic rings. The molecule has 0 rings (SSSR count). The summed E-state index contributed by atoms with van der Waals surface area (Å²) < 4.78 is 0. The van der Waals surface area contributed by atoms with E-state index in [1.807, 2.05) is 0 Å². The summed E-state index contributed by atoms with van der Waals surface area (Å²) in [6, 6.07) is 0. The molecular weight excluding hydrogens is 144 g/mol. The molecule has 0 radical (unpaired) electrons. The van der Waals surface area contributed by atoms with Crippen LogP contribution in [-0.4, -0.2) is 0 Å². The average Bonchev–Trinajstić information content (AvgIpc) is 2.02. The van der Waals surface area contributed by atoms with Crippen molar-refractivity contribution in [1.29, 1.82) is 0 Å². The molecule has 0 spiro atoms. The van der Waals surface area contributed by atoms with Gasteiger partial charge in [-0.2, -0.15) is 0 Å². The van der Waals surface area contributed by atoms with Gasteiger partial charge >= 0.3 is 0 Å². The maximum atomic E-state index is 3.93. The molecule has 0 heterocycles. The van der Waals surface area contributed by atoms with Crippen LogP contribution in [0.25, 0.3) is 0 Å². The highest BCUT2D eigenvalue weighted by atomic mass is 14.0. The molecular formula is C12H20. The number of rotatable bonds is 3. The first kappa shape index (κ1) is 11.2. The predicted molar refractivity (Wildman–Crippen MR) is 57.2 cm³/mol. The largest absolute Gasteiger partial charge is 0.0959 e. The van der Waals surface area contributed by atoms with Gasteiger partial charge in [0.15, 0.2) is 0 Å². The van der Waals surface area contributed by atoms with E-state index in [1.54, 1.807) is 0 Å². The van der Waals surface area contributed by atoms with Gasteiger partial charge in [0.25, 0.3) is 0 Å². The second kappa shape index (κ2) is 4.97. The van der Waals surface area contributed by atoms with Gasteiger partial charge in [0.2, 0.25) is 0 Å². The minimum Gasteiger partial charge on any atom is -0.0959 e. The Balaban J connectivity index is 4.48. The van der Waals surface area contributed by atoms with Crippen LogP contribution in [0.1, 0.15) is 41.0 Å². The van der Waals surface area contributed by atoms with Gasteiger partial charge in [-0.3, -0.25) is 0 Å². The van der Waals surface area contributed by atoms with E-state index in [4.69, 9.17) is 0 Å². The third-order valence-corrected chi connectivity index (χ3v) is 2.32. The molecule has 0 amide bonds. The van der Waals surface area contributed by atoms with Crippen LogP contribution in [0.3, 0.4) is 0 Å². The summed E-state index contributed by atoms with van der Waals surface area (Å²) in [5.74, 6) is 0. The fourth-order valence-electron chi connectivity index (χ4n) is 1.02. The molecule has 0 nitrogen and oxygen atoms in total. The maximum absolute atomic E-state index is 3.93. The Kier molecular flexibility index (Phi) is 4.65. The number of hydrogen-bond donors (Lipinski definition) is 0. The van der Waals surface area contributed by atoms with Gasteiger partial charge in [-0.15, -0.1) is 0 Å². The molecule has 0 aliphatic carbocycles. The fourth-order valence-corrected chi connectivity index (χ4v) is 1.02. The Bertz CT molecular complexity index is 226. The highest BCUT2D eigenvalue weighted by Gasteiger charge is 1.97. The standard InChI is InChI=1S/C12H20/c1-7-10(4)8-11(5)12(6)9(2)3/h7H,2,8H2,1,3-6H3/b10-7?,12-11+. The van der Waals surface area contributed by atoms with Crippen molar-refractivity contribution in [2.75, 3.05) is 0 Å². The first-order valence-electron chi connectivity index (χ1n) is 4.43. The molecule has 0 saturated heterocycles. The quantitative estimate of drug-likeness (QED) is 0.432. The lowest BCUT2D eigenvalue weighted by molar-refractivity contribution is 1.06. The van der Waals surface area contributed by atoms with E-state index in [0.29, 0.717) is 0 Å². The van der Waals surface area contributed by atoms with Crippen molar-refractivity contribution in [2.24, 2.45) is 0 Å². The van der Waals surface area contributed by atoms with Gasteiger partial charge in [-0.05, 0) is 46.6 Å². The van der Waals surface area contributed by atoms with Crippen LogP contribution in [0.15, 0.2) is 34.9 Å². The summed E-state index contributed by atoms with van der Waals surface area (Å²) in [6.45, 7) is 14.6. The van der Waals surface area contributed by atoms with Crippen LogP contribution >= 0.6 is 0 Å². The smallest absolute Gasteiger partial charge is 0.0108 e. The van der Waals surface area contributed by atoms with E-state index in [2.05, 4.69) is 47.3 Å². The van der Waals surface area contributed by atoms with Crippen molar-refractivity contribution in [3.05, 3.63) is 34.9 Å². The third-order valence-electron chi connectivity index (χ3n) is 2.32. The van der Waals surface area contributed by atoms with E-state index in [-0.39, 0.29) is 0 Å². The second-order valence-corrected chi connectivity index (χ2v) is 3.50. The Morgan fingerprint density at radius 3 is 2.00 bits per heavy atom. The molecule has 0 aliphatic rings. The number of hydrogen-bond acceptors (Lipinski definition) is 0. The Hall–Kier alpha value is -0.780. The summed E-state index contributed by atoms with van der Waals surface area (Å²) in [5, 5.41) is 0. The summed E-state index contributed by atoms with van der Waals surface area (Å²) >= 11 is 0. The van der Waals surface area contributed by atoms with E-state index < -0.39 is 0 Å². The third kappa shape index (κ3) is 3.56. The van der Waals surface area contributed by atoms with Crippen molar-refractivity contribution in [1.82, 2.24) is 0 Å². The number of allylic oxidation sites excluding steroid dienone is 5. The minimum absolute atomic E-state index is 1.08. The molecule has 12 heavy (non-hydrogen) atoms. The normalized spacial score (nSPS) is 14.2. The fraction of sp³-hybridized carbons (Fsp3) is 0.500. The van der Waals surface area contributed by atoms with Crippen molar-refractivity contribution < 1.29 is 0 Å². The minimum atomic E-state index is 1.08. The van der Waals surface area contributed by atoms with Crippen LogP contribution in [0, 0.1) is 0 Å². The summed E-state index contributed by atoms with van der Waals surface area (Å²) in [4.78, 5) is 0. The lowest BCUT2D eigenvalue weighted by Crippen LogP contribution is -1.87. The predicted octanol–water partition coefficient (Wildman–Crippen LogP) is 4.26. The van der Waals surface area contributed by atoms with Gasteiger partial charge < -0.3 is 0 Å². The lowest BCUT2D eigenvalue weighted by atomic mass is 9.99. The van der Waals surface area contributed by atoms with Gasteiger partial charge in [0.05, 0.1) is 0 Å². The SMILES string of the molecule is C=C(C)/C(C)=C(\C)CC(C)=CC. The zero-order valence-corrected chi connectivity index (χ0v) is 8.99. The lowest BCUT2D eigenvalue weighted by Gasteiger charge is -2.07. The van der Waals surface area contributed by atoms with Crippen LogP contribution in [-0.2, 0) is 0 Å². The Morgan fingerprint density at radius 2 is 1.67 bits per heavy atom. The van der Waals surface area contributed by atoms with Crippen LogP contribution in [0.2, 0.25) is 0 Å². The average molecular weight is 164 g/mol. The highest BCUT2D eigenvalue weighted by Crippen LogP contribution is 2.18. The van der Waals surface area contributed by atoms with Gasteiger partial charge in [0.1, 0.15) is 0 Å². The Morgan fingerprint density at radius 1 is 1.17 bits per heavy atom. The van der Waals surface area contributed by atoms with E-state index >= 15 is 0 Å². The first-order valence-corrected chi connectivity index (χ1v) is 4.43. The van der Waals surface area contributed by atoms with Crippen molar-refractivity contribution >= 4 is 0 Å². The second-order valence-electron chi connectivity index (χ2n) is 3.50.